The van der Waals surface area contributed by atoms with Gasteiger partial charge in [0, 0.05) is 29.4 Å². The van der Waals surface area contributed by atoms with Gasteiger partial charge >= 0.3 is 0 Å². The van der Waals surface area contributed by atoms with E-state index in [0.29, 0.717) is 17.9 Å². The van der Waals surface area contributed by atoms with Gasteiger partial charge in [-0.15, -0.1) is 27.2 Å². The topological polar surface area (TPSA) is 57.7 Å². The summed E-state index contributed by atoms with van der Waals surface area (Å²) in [7, 11) is 0. The van der Waals surface area contributed by atoms with Crippen LogP contribution in [0.5, 0.6) is 0 Å². The first kappa shape index (κ1) is 23.8. The predicted octanol–water partition coefficient (Wildman–Crippen LogP) is 6.78. The molecule has 0 saturated carbocycles. The molecule has 168 valence electrons. The number of hydrogen-bond acceptors (Lipinski definition) is 5. The van der Waals surface area contributed by atoms with E-state index in [1.165, 1.54) is 12.0 Å². The molecule has 33 heavy (non-hydrogen) atoms. The lowest BCUT2D eigenvalue weighted by molar-refractivity contribution is 0.521. The maximum absolute atomic E-state index is 10.2. The largest absolute Gasteiger partial charge is 0.329 e. The molecule has 0 spiro atoms. The summed E-state index contributed by atoms with van der Waals surface area (Å²) in [5, 5.41) is 22.2. The third-order valence-corrected chi connectivity index (χ3v) is 7.32. The number of nitriles is 1. The first-order valence-corrected chi connectivity index (χ1v) is 12.4. The number of aromatic nitrogens is 3. The fourth-order valence-electron chi connectivity index (χ4n) is 4.17. The molecule has 8 heteroatoms. The zero-order chi connectivity index (χ0) is 21.9. The summed E-state index contributed by atoms with van der Waals surface area (Å²) in [4.78, 5) is 2.24. The monoisotopic (exact) mass is 583 g/mol. The van der Waals surface area contributed by atoms with Crippen LogP contribution in [-0.4, -0.2) is 19.7 Å². The van der Waals surface area contributed by atoms with Crippen molar-refractivity contribution >= 4 is 55.9 Å². The van der Waals surface area contributed by atoms with Gasteiger partial charge in [0.15, 0.2) is 5.82 Å². The Bertz CT molecular complexity index is 1230. The molecule has 1 aromatic heterocycles. The van der Waals surface area contributed by atoms with Crippen molar-refractivity contribution in [2.24, 2.45) is 0 Å². The second-order valence-electron chi connectivity index (χ2n) is 7.89. The molecule has 0 fully saturated rings. The van der Waals surface area contributed by atoms with E-state index in [1.807, 2.05) is 18.2 Å². The lowest BCUT2D eigenvalue weighted by atomic mass is 10.1. The zero-order valence-electron chi connectivity index (χ0n) is 17.9. The van der Waals surface area contributed by atoms with Crippen LogP contribution in [0.15, 0.2) is 69.5 Å². The fourth-order valence-corrected chi connectivity index (χ4v) is 5.47. The Morgan fingerprint density at radius 1 is 1.03 bits per heavy atom. The van der Waals surface area contributed by atoms with Crippen LogP contribution < -0.4 is 0 Å². The first-order valence-electron chi connectivity index (χ1n) is 10.8. The van der Waals surface area contributed by atoms with Crippen LogP contribution in [0.1, 0.15) is 42.0 Å². The zero-order valence-corrected chi connectivity index (χ0v) is 22.1. The highest BCUT2D eigenvalue weighted by atomic mass is 79.9. The second kappa shape index (κ2) is 10.7. The van der Waals surface area contributed by atoms with Gasteiger partial charge in [-0.3, -0.25) is 0 Å². The van der Waals surface area contributed by atoms with Crippen molar-refractivity contribution in [2.45, 2.75) is 38.8 Å². The van der Waals surface area contributed by atoms with Gasteiger partial charge in [-0.2, -0.15) is 5.26 Å². The minimum absolute atomic E-state index is 0. The normalized spacial score (nSPS) is 16.8. The predicted molar refractivity (Wildman–Crippen MR) is 142 cm³/mol. The molecule has 2 aliphatic rings. The number of nitrogens with zero attached hydrogens (tertiary/aromatic N) is 5. The Kier molecular flexibility index (Phi) is 7.74. The summed E-state index contributed by atoms with van der Waals surface area (Å²) in [5.41, 5.74) is 3.98. The van der Waals surface area contributed by atoms with Gasteiger partial charge in [-0.25, -0.2) is 0 Å². The summed E-state index contributed by atoms with van der Waals surface area (Å²) in [6, 6.07) is 21.1. The number of halogens is 2. The first-order chi connectivity index (χ1) is 15.7. The van der Waals surface area contributed by atoms with Gasteiger partial charge in [-0.05, 0) is 36.1 Å². The van der Waals surface area contributed by atoms with Gasteiger partial charge in [0.1, 0.15) is 22.5 Å². The van der Waals surface area contributed by atoms with E-state index in [2.05, 4.69) is 83.5 Å². The van der Waals surface area contributed by atoms with E-state index in [9.17, 15) is 5.26 Å². The molecule has 3 aromatic rings. The molecule has 5 nitrogen and oxygen atoms in total. The summed E-state index contributed by atoms with van der Waals surface area (Å²) < 4.78 is 3.19. The minimum atomic E-state index is 0. The van der Waals surface area contributed by atoms with E-state index in [0.717, 1.165) is 52.4 Å². The van der Waals surface area contributed by atoms with Crippen LogP contribution in [0.4, 0.5) is 0 Å². The lowest BCUT2D eigenvalue weighted by Gasteiger charge is -2.25. The molecular formula is C25H23Br2N5S. The Labute approximate surface area is 217 Å². The van der Waals surface area contributed by atoms with Crippen molar-refractivity contribution in [3.63, 3.8) is 0 Å². The molecule has 0 atom stereocenters. The number of fused-ring (bicyclic) bond motifs is 1. The average Bonchev–Trinajstić information content (AvgIpc) is 3.32. The number of aryl methyl sites for hydroxylation is 1. The van der Waals surface area contributed by atoms with Gasteiger partial charge in [0.05, 0.1) is 5.70 Å². The minimum Gasteiger partial charge on any atom is -0.329 e. The number of allylic oxidation sites excluding steroid dienone is 1. The Hall–Kier alpha value is -2.34. The van der Waals surface area contributed by atoms with Crippen LogP contribution in [0.3, 0.4) is 0 Å². The lowest BCUT2D eigenvalue weighted by Crippen LogP contribution is -2.18. The van der Waals surface area contributed by atoms with E-state index in [-0.39, 0.29) is 17.0 Å². The summed E-state index contributed by atoms with van der Waals surface area (Å²) in [6.07, 6.45) is 4.33. The highest BCUT2D eigenvalue weighted by molar-refractivity contribution is 9.10. The molecule has 0 aliphatic carbocycles. The van der Waals surface area contributed by atoms with Crippen LogP contribution in [0.25, 0.3) is 11.3 Å². The molecular weight excluding hydrogens is 562 g/mol. The summed E-state index contributed by atoms with van der Waals surface area (Å²) >= 11 is 5.12. The van der Waals surface area contributed by atoms with Gasteiger partial charge in [-0.1, -0.05) is 76.6 Å². The van der Waals surface area contributed by atoms with Crippen molar-refractivity contribution in [3.05, 3.63) is 92.3 Å². The van der Waals surface area contributed by atoms with E-state index in [1.54, 1.807) is 11.8 Å². The molecule has 2 aliphatic heterocycles. The van der Waals surface area contributed by atoms with E-state index < -0.39 is 0 Å². The van der Waals surface area contributed by atoms with Crippen LogP contribution in [0, 0.1) is 11.3 Å². The Balaban J connectivity index is 0.00000259. The molecule has 5 rings (SSSR count). The van der Waals surface area contributed by atoms with E-state index >= 15 is 0 Å². The summed E-state index contributed by atoms with van der Waals surface area (Å²) in [5.74, 6) is 1.68. The molecule has 0 radical (unpaired) electrons. The fraction of sp³-hybridized carbons (Fsp3) is 0.240. The summed E-state index contributed by atoms with van der Waals surface area (Å²) in [6.45, 7) is 1.55. The quantitative estimate of drug-likeness (QED) is 0.316. The van der Waals surface area contributed by atoms with Crippen molar-refractivity contribution < 1.29 is 0 Å². The van der Waals surface area contributed by atoms with Crippen molar-refractivity contribution in [2.75, 3.05) is 0 Å². The molecule has 0 unspecified atom stereocenters. The number of benzene rings is 2. The molecule has 0 saturated heterocycles. The van der Waals surface area contributed by atoms with Gasteiger partial charge < -0.3 is 9.47 Å². The van der Waals surface area contributed by atoms with Gasteiger partial charge in [0.25, 0.3) is 0 Å². The molecule has 2 aromatic carbocycles. The van der Waals surface area contributed by atoms with Crippen molar-refractivity contribution in [3.8, 4) is 6.07 Å². The average molecular weight is 585 g/mol. The molecule has 0 bridgehead atoms. The maximum Gasteiger partial charge on any atom is 0.177 e. The third kappa shape index (κ3) is 4.96. The molecule has 0 N–H and O–H groups in total. The Morgan fingerprint density at radius 3 is 2.58 bits per heavy atom. The van der Waals surface area contributed by atoms with Gasteiger partial charge in [0.2, 0.25) is 0 Å². The standard InChI is InChI=1S/C25H22BrN5S.BrH/c26-20-12-10-19(11-13-20)22-17-32-25(31(22)16-18-7-3-1-4-8-18)21(15-27)24-29-28-23-9-5-2-6-14-30(23)24;/h1,3-4,7-8,10-13,17H,2,5-6,9,14,16H2;1H. The highest BCUT2D eigenvalue weighted by Crippen LogP contribution is 2.44. The third-order valence-electron chi connectivity index (χ3n) is 5.80. The second-order valence-corrected chi connectivity index (χ2v) is 9.67. The van der Waals surface area contributed by atoms with Crippen LogP contribution >= 0.6 is 44.7 Å². The van der Waals surface area contributed by atoms with Crippen molar-refractivity contribution in [1.82, 2.24) is 19.7 Å². The maximum atomic E-state index is 10.2. The number of hydrogen-bond donors (Lipinski definition) is 0. The van der Waals surface area contributed by atoms with Crippen molar-refractivity contribution in [1.29, 1.82) is 5.26 Å². The molecule has 3 heterocycles. The highest BCUT2D eigenvalue weighted by Gasteiger charge is 2.29. The Morgan fingerprint density at radius 2 is 1.82 bits per heavy atom. The van der Waals surface area contributed by atoms with E-state index in [4.69, 9.17) is 0 Å². The smallest absolute Gasteiger partial charge is 0.177 e. The number of thioether (sulfide) groups is 1. The van der Waals surface area contributed by atoms with Crippen LogP contribution in [-0.2, 0) is 19.5 Å². The number of rotatable bonds is 4. The molecule has 0 amide bonds. The SMILES string of the molecule is Br.N#CC(=C1SC=C(c2ccc(Br)cc2)N1Cc1ccccc1)c1nnc2n1CCCCC2. The van der Waals surface area contributed by atoms with Crippen LogP contribution in [0.2, 0.25) is 0 Å².